The fraction of sp³-hybridized carbons (Fsp3) is 0.524. The Morgan fingerprint density at radius 1 is 0.968 bits per heavy atom. The van der Waals surface area contributed by atoms with Crippen molar-refractivity contribution in [2.75, 3.05) is 26.2 Å². The molecular weight excluding hydrogens is 411 g/mol. The second-order valence-electron chi connectivity index (χ2n) is 8.13. The van der Waals surface area contributed by atoms with Crippen molar-refractivity contribution in [2.45, 2.75) is 38.0 Å². The Morgan fingerprint density at radius 2 is 1.68 bits per heavy atom. The first-order valence-corrected chi connectivity index (χ1v) is 10.4. The zero-order chi connectivity index (χ0) is 22.0. The number of nitrogens with zero attached hydrogens (tertiary/aromatic N) is 5. The molecule has 31 heavy (non-hydrogen) atoms. The van der Waals surface area contributed by atoms with Crippen LogP contribution in [0.2, 0.25) is 0 Å². The van der Waals surface area contributed by atoms with Gasteiger partial charge in [-0.25, -0.2) is 4.68 Å². The van der Waals surface area contributed by atoms with Gasteiger partial charge in [-0.3, -0.25) is 19.5 Å². The number of amides is 1. The Kier molecular flexibility index (Phi) is 6.08. The summed E-state index contributed by atoms with van der Waals surface area (Å²) in [5, 5.41) is 4.48. The number of piperidine rings is 1. The summed E-state index contributed by atoms with van der Waals surface area (Å²) in [5.41, 5.74) is 1.40. The largest absolute Gasteiger partial charge is 0.406 e. The molecule has 2 aliphatic heterocycles. The van der Waals surface area contributed by atoms with Gasteiger partial charge in [0.15, 0.2) is 0 Å². The van der Waals surface area contributed by atoms with Crippen LogP contribution < -0.4 is 5.56 Å². The van der Waals surface area contributed by atoms with Crippen LogP contribution in [0.1, 0.15) is 19.3 Å². The summed E-state index contributed by atoms with van der Waals surface area (Å²) in [6, 6.07) is 6.38. The first-order chi connectivity index (χ1) is 14.8. The summed E-state index contributed by atoms with van der Waals surface area (Å²) < 4.78 is 39.4. The van der Waals surface area contributed by atoms with Crippen molar-refractivity contribution in [1.29, 1.82) is 0 Å². The summed E-state index contributed by atoms with van der Waals surface area (Å²) in [4.78, 5) is 31.6. The van der Waals surface area contributed by atoms with Crippen LogP contribution in [0.5, 0.6) is 0 Å². The van der Waals surface area contributed by atoms with Crippen molar-refractivity contribution >= 4 is 5.91 Å². The smallest absolute Gasteiger partial charge is 0.332 e. The molecule has 4 rings (SSSR count). The van der Waals surface area contributed by atoms with Crippen LogP contribution in [0.15, 0.2) is 41.5 Å². The van der Waals surface area contributed by atoms with Crippen molar-refractivity contribution in [2.24, 2.45) is 5.92 Å². The van der Waals surface area contributed by atoms with Gasteiger partial charge in [0.05, 0.1) is 11.7 Å². The van der Waals surface area contributed by atoms with E-state index in [1.54, 1.807) is 18.5 Å². The molecule has 0 N–H and O–H groups in total. The fourth-order valence-corrected chi connectivity index (χ4v) is 4.38. The number of likely N-dealkylation sites (tertiary alicyclic amines) is 2. The quantitative estimate of drug-likeness (QED) is 0.720. The lowest BCUT2D eigenvalue weighted by Crippen LogP contribution is -2.47. The molecule has 7 nitrogen and oxygen atoms in total. The summed E-state index contributed by atoms with van der Waals surface area (Å²) >= 11 is 0. The molecule has 2 aromatic rings. The van der Waals surface area contributed by atoms with E-state index >= 15 is 0 Å². The molecule has 0 spiro atoms. The lowest BCUT2D eigenvalue weighted by atomic mass is 9.95. The third-order valence-electron chi connectivity index (χ3n) is 6.00. The van der Waals surface area contributed by atoms with Crippen molar-refractivity contribution in [3.63, 3.8) is 0 Å². The number of carbonyl (C=O) groups excluding carboxylic acids is 1. The molecular formula is C21H24F3N5O2. The van der Waals surface area contributed by atoms with Crippen LogP contribution in [-0.2, 0) is 11.3 Å². The summed E-state index contributed by atoms with van der Waals surface area (Å²) in [6.07, 6.45) is 0.912. The molecule has 2 saturated heterocycles. The fourth-order valence-electron chi connectivity index (χ4n) is 4.38. The maximum absolute atomic E-state index is 12.6. The molecule has 2 aromatic heterocycles. The first-order valence-electron chi connectivity index (χ1n) is 10.4. The van der Waals surface area contributed by atoms with Crippen LogP contribution in [0, 0.1) is 5.92 Å². The monoisotopic (exact) mass is 435 g/mol. The normalized spacial score (nSPS) is 21.1. The minimum Gasteiger partial charge on any atom is -0.332 e. The third kappa shape index (κ3) is 5.12. The summed E-state index contributed by atoms with van der Waals surface area (Å²) in [6.45, 7) is 0.690. The first kappa shape index (κ1) is 21.5. The number of carbonyl (C=O) groups is 1. The third-order valence-corrected chi connectivity index (χ3v) is 6.00. The Morgan fingerprint density at radius 3 is 2.35 bits per heavy atom. The molecule has 1 atom stereocenters. The van der Waals surface area contributed by atoms with Gasteiger partial charge in [0.25, 0.3) is 5.56 Å². The van der Waals surface area contributed by atoms with Crippen LogP contribution in [0.25, 0.3) is 11.3 Å². The van der Waals surface area contributed by atoms with Gasteiger partial charge < -0.3 is 4.90 Å². The van der Waals surface area contributed by atoms with Gasteiger partial charge in [-0.2, -0.15) is 18.3 Å². The maximum Gasteiger partial charge on any atom is 0.406 e. The van der Waals surface area contributed by atoms with Crippen LogP contribution in [-0.4, -0.2) is 68.9 Å². The topological polar surface area (TPSA) is 71.3 Å². The summed E-state index contributed by atoms with van der Waals surface area (Å²) in [7, 11) is 0. The molecule has 10 heteroatoms. The number of aromatic nitrogens is 3. The second-order valence-corrected chi connectivity index (χ2v) is 8.13. The van der Waals surface area contributed by atoms with E-state index in [9.17, 15) is 22.8 Å². The van der Waals surface area contributed by atoms with Gasteiger partial charge in [0.2, 0.25) is 5.91 Å². The zero-order valence-electron chi connectivity index (χ0n) is 17.0. The van der Waals surface area contributed by atoms with E-state index in [-0.39, 0.29) is 18.0 Å². The Hall–Kier alpha value is -2.75. The van der Waals surface area contributed by atoms with E-state index < -0.39 is 24.7 Å². The molecule has 0 aliphatic carbocycles. The molecule has 0 saturated carbocycles. The zero-order valence-corrected chi connectivity index (χ0v) is 17.0. The van der Waals surface area contributed by atoms with E-state index in [0.717, 1.165) is 23.3 Å². The van der Waals surface area contributed by atoms with Crippen LogP contribution in [0.3, 0.4) is 0 Å². The van der Waals surface area contributed by atoms with E-state index in [4.69, 9.17) is 0 Å². The highest BCUT2D eigenvalue weighted by Gasteiger charge is 2.42. The minimum atomic E-state index is -4.37. The number of alkyl halides is 3. The van der Waals surface area contributed by atoms with Gasteiger partial charge in [-0.15, -0.1) is 0 Å². The molecule has 0 bridgehead atoms. The number of halogens is 3. The van der Waals surface area contributed by atoms with Gasteiger partial charge in [-0.05, 0) is 56.5 Å². The minimum absolute atomic E-state index is 0.143. The van der Waals surface area contributed by atoms with Gasteiger partial charge in [-0.1, -0.05) is 0 Å². The predicted molar refractivity (Wildman–Crippen MR) is 107 cm³/mol. The average Bonchev–Trinajstić information content (AvgIpc) is 3.09. The van der Waals surface area contributed by atoms with Gasteiger partial charge >= 0.3 is 6.18 Å². The highest BCUT2D eigenvalue weighted by atomic mass is 19.4. The Bertz CT molecular complexity index is 971. The predicted octanol–water partition coefficient (Wildman–Crippen LogP) is 2.18. The highest BCUT2D eigenvalue weighted by molar-refractivity contribution is 5.84. The molecule has 4 heterocycles. The van der Waals surface area contributed by atoms with E-state index in [1.165, 1.54) is 10.7 Å². The number of hydrogen-bond donors (Lipinski definition) is 0. The molecule has 2 fully saturated rings. The SMILES string of the molecule is O=C1C(N2CCC(Cn3nc(-c4ccncc4)ccc3=O)CC2)CCN1CC(F)(F)F. The second kappa shape index (κ2) is 8.78. The van der Waals surface area contributed by atoms with E-state index in [2.05, 4.69) is 10.1 Å². The average molecular weight is 435 g/mol. The number of hydrogen-bond acceptors (Lipinski definition) is 5. The summed E-state index contributed by atoms with van der Waals surface area (Å²) in [5.74, 6) is -0.212. The van der Waals surface area contributed by atoms with Crippen LogP contribution in [0.4, 0.5) is 13.2 Å². The van der Waals surface area contributed by atoms with Gasteiger partial charge in [0, 0.05) is 37.1 Å². The molecule has 1 unspecified atom stereocenters. The molecule has 0 aromatic carbocycles. The Labute approximate surface area is 177 Å². The maximum atomic E-state index is 12.6. The van der Waals surface area contributed by atoms with Crippen molar-refractivity contribution in [3.8, 4) is 11.3 Å². The molecule has 2 aliphatic rings. The Balaban J connectivity index is 1.35. The molecule has 166 valence electrons. The van der Waals surface area contributed by atoms with Crippen molar-refractivity contribution in [3.05, 3.63) is 47.0 Å². The van der Waals surface area contributed by atoms with Gasteiger partial charge in [0.1, 0.15) is 6.54 Å². The van der Waals surface area contributed by atoms with E-state index in [1.807, 2.05) is 17.0 Å². The van der Waals surface area contributed by atoms with E-state index in [0.29, 0.717) is 31.7 Å². The van der Waals surface area contributed by atoms with Crippen molar-refractivity contribution < 1.29 is 18.0 Å². The lowest BCUT2D eigenvalue weighted by Gasteiger charge is -2.35. The van der Waals surface area contributed by atoms with Crippen LogP contribution >= 0.6 is 0 Å². The molecule has 0 radical (unpaired) electrons. The standard InChI is InChI=1S/C21H24F3N5O2/c22-21(23,24)14-28-12-7-18(20(28)31)27-10-5-15(6-11-27)13-29-19(30)2-1-17(26-29)16-3-8-25-9-4-16/h1-4,8-9,15,18H,5-7,10-14H2. The number of pyridine rings is 1. The van der Waals surface area contributed by atoms with Crippen molar-refractivity contribution in [1.82, 2.24) is 24.6 Å². The highest BCUT2D eigenvalue weighted by Crippen LogP contribution is 2.27. The number of rotatable bonds is 5. The lowest BCUT2D eigenvalue weighted by molar-refractivity contribution is -0.159. The molecule has 1 amide bonds.